The Morgan fingerprint density at radius 1 is 1.23 bits per heavy atom. The molecule has 0 radical (unpaired) electrons. The molecule has 1 aliphatic carbocycles. The van der Waals surface area contributed by atoms with Crippen LogP contribution in [-0.4, -0.2) is 0 Å². The summed E-state index contributed by atoms with van der Waals surface area (Å²) in [6, 6.07) is 10.4. The molecule has 1 nitrogen and oxygen atoms in total. The van der Waals surface area contributed by atoms with Gasteiger partial charge in [0.2, 0.25) is 0 Å². The molecule has 0 heterocycles. The number of allylic oxidation sites excluding steroid dienone is 1. The van der Waals surface area contributed by atoms with Gasteiger partial charge < -0.3 is 0 Å². The molecule has 1 aromatic rings. The molecule has 0 N–H and O–H groups in total. The maximum Gasteiger partial charge on any atom is 0.0991 e. The molecule has 1 fully saturated rings. The average Bonchev–Trinajstić information content (AvgIpc) is 2.58. The fraction of sp³-hybridized carbons (Fsp3) is 0.571. The first-order valence-electron chi connectivity index (χ1n) is 8.89. The molecule has 1 saturated carbocycles. The highest BCUT2D eigenvalue weighted by Gasteiger charge is 2.27. The number of rotatable bonds is 7. The van der Waals surface area contributed by atoms with Gasteiger partial charge in [-0.2, -0.15) is 5.26 Å². The molecule has 118 valence electrons. The Morgan fingerprint density at radius 2 is 1.91 bits per heavy atom. The van der Waals surface area contributed by atoms with Gasteiger partial charge in [-0.1, -0.05) is 57.2 Å². The Hall–Kier alpha value is -1.55. The van der Waals surface area contributed by atoms with Crippen LogP contribution in [-0.2, 0) is 0 Å². The second kappa shape index (κ2) is 8.79. The van der Waals surface area contributed by atoms with E-state index in [9.17, 15) is 0 Å². The molecular weight excluding hydrogens is 266 g/mol. The van der Waals surface area contributed by atoms with Gasteiger partial charge in [-0.15, -0.1) is 6.58 Å². The van der Waals surface area contributed by atoms with Crippen molar-refractivity contribution in [2.45, 2.75) is 64.2 Å². The van der Waals surface area contributed by atoms with Crippen molar-refractivity contribution in [3.63, 3.8) is 0 Å². The summed E-state index contributed by atoms with van der Waals surface area (Å²) in [4.78, 5) is 0. The van der Waals surface area contributed by atoms with E-state index < -0.39 is 0 Å². The van der Waals surface area contributed by atoms with E-state index in [1.54, 1.807) is 0 Å². The Morgan fingerprint density at radius 3 is 2.45 bits per heavy atom. The third kappa shape index (κ3) is 4.47. The average molecular weight is 295 g/mol. The van der Waals surface area contributed by atoms with Crippen LogP contribution in [0.4, 0.5) is 0 Å². The summed E-state index contributed by atoms with van der Waals surface area (Å²) in [7, 11) is 0. The summed E-state index contributed by atoms with van der Waals surface area (Å²) in [5.74, 6) is 2.32. The van der Waals surface area contributed by atoms with Crippen molar-refractivity contribution in [2.75, 3.05) is 0 Å². The molecule has 0 spiro atoms. The Bertz CT molecular complexity index is 486. The van der Waals surface area contributed by atoms with Crippen LogP contribution in [0.1, 0.15) is 75.3 Å². The maximum absolute atomic E-state index is 8.95. The minimum atomic E-state index is 0.581. The predicted molar refractivity (Wildman–Crippen MR) is 93.7 cm³/mol. The second-order valence-electron chi connectivity index (χ2n) is 6.79. The van der Waals surface area contributed by atoms with Crippen molar-refractivity contribution < 1.29 is 0 Å². The van der Waals surface area contributed by atoms with E-state index in [-0.39, 0.29) is 0 Å². The van der Waals surface area contributed by atoms with Crippen LogP contribution in [0.25, 0.3) is 0 Å². The van der Waals surface area contributed by atoms with Crippen molar-refractivity contribution >= 4 is 0 Å². The third-order valence-corrected chi connectivity index (χ3v) is 5.31. The number of nitrogens with zero attached hydrogens (tertiary/aromatic N) is 1. The van der Waals surface area contributed by atoms with Crippen molar-refractivity contribution in [3.05, 3.63) is 48.0 Å². The highest BCUT2D eigenvalue weighted by molar-refractivity contribution is 5.33. The minimum absolute atomic E-state index is 0.581. The van der Waals surface area contributed by atoms with E-state index in [1.807, 2.05) is 12.1 Å². The summed E-state index contributed by atoms with van der Waals surface area (Å²) in [5.41, 5.74) is 2.14. The highest BCUT2D eigenvalue weighted by Crippen LogP contribution is 2.41. The van der Waals surface area contributed by atoms with E-state index in [1.165, 1.54) is 50.5 Å². The van der Waals surface area contributed by atoms with Gasteiger partial charge in [0.1, 0.15) is 0 Å². The van der Waals surface area contributed by atoms with Gasteiger partial charge in [-0.05, 0) is 54.7 Å². The molecule has 2 rings (SSSR count). The van der Waals surface area contributed by atoms with Crippen LogP contribution in [0.2, 0.25) is 0 Å². The largest absolute Gasteiger partial charge is 0.192 e. The van der Waals surface area contributed by atoms with Crippen molar-refractivity contribution in [1.29, 1.82) is 5.26 Å². The van der Waals surface area contributed by atoms with E-state index in [0.29, 0.717) is 5.92 Å². The van der Waals surface area contributed by atoms with E-state index in [2.05, 4.69) is 37.8 Å². The molecule has 1 aromatic carbocycles. The van der Waals surface area contributed by atoms with Crippen molar-refractivity contribution in [3.8, 4) is 6.07 Å². The monoisotopic (exact) mass is 295 g/mol. The van der Waals surface area contributed by atoms with Crippen LogP contribution >= 0.6 is 0 Å². The highest BCUT2D eigenvalue weighted by atomic mass is 14.3. The standard InChI is InChI=1S/C21H29N/c1-3-5-7-17-8-12-19(13-9-17)21(6-4-2)20-14-10-18(16-22)11-15-20/h4,10-11,14-15,17,19,21H,2-3,5-9,12-13H2,1H3/t17-,19-,21?. The molecule has 1 heteroatoms. The third-order valence-electron chi connectivity index (χ3n) is 5.31. The number of benzene rings is 1. The van der Waals surface area contributed by atoms with Crippen molar-refractivity contribution in [1.82, 2.24) is 0 Å². The Balaban J connectivity index is 1.99. The zero-order valence-corrected chi connectivity index (χ0v) is 13.9. The second-order valence-corrected chi connectivity index (χ2v) is 6.79. The first kappa shape index (κ1) is 16.8. The summed E-state index contributed by atoms with van der Waals surface area (Å²) in [5, 5.41) is 8.95. The van der Waals surface area contributed by atoms with Gasteiger partial charge >= 0.3 is 0 Å². The number of hydrogen-bond donors (Lipinski definition) is 0. The Kier molecular flexibility index (Phi) is 6.72. The predicted octanol–water partition coefficient (Wildman–Crippen LogP) is 6.21. The van der Waals surface area contributed by atoms with Gasteiger partial charge in [0.25, 0.3) is 0 Å². The van der Waals surface area contributed by atoms with Gasteiger partial charge in [0.15, 0.2) is 0 Å². The van der Waals surface area contributed by atoms with Crippen LogP contribution in [0.15, 0.2) is 36.9 Å². The molecule has 0 saturated heterocycles. The lowest BCUT2D eigenvalue weighted by Gasteiger charge is -2.34. The quantitative estimate of drug-likeness (QED) is 0.548. The van der Waals surface area contributed by atoms with Crippen LogP contribution in [0, 0.1) is 23.2 Å². The molecule has 0 amide bonds. The van der Waals surface area contributed by atoms with E-state index >= 15 is 0 Å². The van der Waals surface area contributed by atoms with Crippen LogP contribution in [0.3, 0.4) is 0 Å². The molecule has 22 heavy (non-hydrogen) atoms. The summed E-state index contributed by atoms with van der Waals surface area (Å²) < 4.78 is 0. The number of nitriles is 1. The Labute approximate surface area is 136 Å². The molecule has 1 atom stereocenters. The fourth-order valence-electron chi connectivity index (χ4n) is 3.96. The first-order valence-corrected chi connectivity index (χ1v) is 8.89. The van der Waals surface area contributed by atoms with Crippen LogP contribution in [0.5, 0.6) is 0 Å². The zero-order valence-electron chi connectivity index (χ0n) is 13.9. The van der Waals surface area contributed by atoms with Gasteiger partial charge in [0, 0.05) is 0 Å². The topological polar surface area (TPSA) is 23.8 Å². The number of hydrogen-bond acceptors (Lipinski definition) is 1. The lowest BCUT2D eigenvalue weighted by atomic mass is 9.71. The van der Waals surface area contributed by atoms with E-state index in [4.69, 9.17) is 5.26 Å². The summed E-state index contributed by atoms with van der Waals surface area (Å²) in [6.45, 7) is 6.25. The molecule has 1 unspecified atom stereocenters. The summed E-state index contributed by atoms with van der Waals surface area (Å²) >= 11 is 0. The lowest BCUT2D eigenvalue weighted by molar-refractivity contribution is 0.231. The normalized spacial score (nSPS) is 22.7. The number of unbranched alkanes of at least 4 members (excludes halogenated alkanes) is 1. The molecule has 0 aliphatic heterocycles. The van der Waals surface area contributed by atoms with Crippen LogP contribution < -0.4 is 0 Å². The molecule has 1 aliphatic rings. The van der Waals surface area contributed by atoms with Gasteiger partial charge in [-0.25, -0.2) is 0 Å². The molecule has 0 bridgehead atoms. The lowest BCUT2D eigenvalue weighted by Crippen LogP contribution is -2.20. The zero-order chi connectivity index (χ0) is 15.8. The van der Waals surface area contributed by atoms with Gasteiger partial charge in [-0.3, -0.25) is 0 Å². The van der Waals surface area contributed by atoms with E-state index in [0.717, 1.165) is 23.8 Å². The molecule has 0 aromatic heterocycles. The maximum atomic E-state index is 8.95. The smallest absolute Gasteiger partial charge is 0.0991 e. The fourth-order valence-corrected chi connectivity index (χ4v) is 3.96. The first-order chi connectivity index (χ1) is 10.8. The van der Waals surface area contributed by atoms with Gasteiger partial charge in [0.05, 0.1) is 11.6 Å². The van der Waals surface area contributed by atoms with Crippen molar-refractivity contribution in [2.24, 2.45) is 11.8 Å². The SMILES string of the molecule is C=CCC(c1ccc(C#N)cc1)[C@H]1CC[C@H](CCCC)CC1. The molecular formula is C21H29N. The summed E-state index contributed by atoms with van der Waals surface area (Å²) in [6.07, 6.45) is 12.8. The minimum Gasteiger partial charge on any atom is -0.192 e.